The normalized spacial score (nSPS) is 14.3. The third-order valence-electron chi connectivity index (χ3n) is 4.89. The van der Waals surface area contributed by atoms with Crippen molar-refractivity contribution in [2.24, 2.45) is 0 Å². The van der Waals surface area contributed by atoms with Gasteiger partial charge >= 0.3 is 0 Å². The third kappa shape index (κ3) is 5.71. The van der Waals surface area contributed by atoms with E-state index >= 15 is 0 Å². The van der Waals surface area contributed by atoms with E-state index in [0.29, 0.717) is 17.8 Å². The molecular formula is C22H28N4O3. The van der Waals surface area contributed by atoms with Crippen molar-refractivity contribution in [2.75, 3.05) is 41.7 Å². The first-order valence-corrected chi connectivity index (χ1v) is 10.0. The Hall–Kier alpha value is -3.06. The maximum atomic E-state index is 12.4. The van der Waals surface area contributed by atoms with Crippen molar-refractivity contribution in [1.82, 2.24) is 5.32 Å². The summed E-state index contributed by atoms with van der Waals surface area (Å²) in [6.07, 6.45) is 1.26. The fourth-order valence-electron chi connectivity index (χ4n) is 3.39. The number of hydrogen-bond acceptors (Lipinski definition) is 5. The number of carbonyl (C=O) groups excluding carboxylic acids is 2. The molecule has 0 spiro atoms. The number of rotatable bonds is 7. The molecule has 1 fully saturated rings. The molecule has 2 aromatic rings. The van der Waals surface area contributed by atoms with Gasteiger partial charge < -0.3 is 26.0 Å². The second-order valence-electron chi connectivity index (χ2n) is 7.08. The lowest BCUT2D eigenvalue weighted by Crippen LogP contribution is -2.36. The zero-order chi connectivity index (χ0) is 20.6. The van der Waals surface area contributed by atoms with E-state index in [1.807, 2.05) is 31.2 Å². The molecule has 2 aromatic carbocycles. The minimum Gasteiger partial charge on any atom is -0.393 e. The minimum absolute atomic E-state index is 0.110. The van der Waals surface area contributed by atoms with Gasteiger partial charge in [0.15, 0.2) is 0 Å². The second-order valence-corrected chi connectivity index (χ2v) is 7.08. The van der Waals surface area contributed by atoms with Crippen molar-refractivity contribution < 1.29 is 14.7 Å². The van der Waals surface area contributed by atoms with E-state index in [9.17, 15) is 14.7 Å². The van der Waals surface area contributed by atoms with Gasteiger partial charge in [-0.3, -0.25) is 9.59 Å². The fourth-order valence-corrected chi connectivity index (χ4v) is 3.39. The van der Waals surface area contributed by atoms with Gasteiger partial charge in [0.25, 0.3) is 5.91 Å². The predicted octanol–water partition coefficient (Wildman–Crippen LogP) is 2.45. The van der Waals surface area contributed by atoms with Gasteiger partial charge in [0.1, 0.15) is 0 Å². The average Bonchev–Trinajstić information content (AvgIpc) is 2.73. The quantitative estimate of drug-likeness (QED) is 0.577. The fraction of sp³-hybridized carbons (Fsp3) is 0.364. The number of nitrogens with zero attached hydrogens (tertiary/aromatic N) is 1. The highest BCUT2D eigenvalue weighted by Crippen LogP contribution is 2.28. The summed E-state index contributed by atoms with van der Waals surface area (Å²) in [5.74, 6) is -0.357. The lowest BCUT2D eigenvalue weighted by molar-refractivity contribution is -0.114. The number of hydrogen-bond donors (Lipinski definition) is 4. The van der Waals surface area contributed by atoms with Crippen LogP contribution in [0.1, 0.15) is 30.1 Å². The van der Waals surface area contributed by atoms with Gasteiger partial charge in [-0.1, -0.05) is 18.2 Å². The lowest BCUT2D eigenvalue weighted by Gasteiger charge is -2.32. The van der Waals surface area contributed by atoms with Gasteiger partial charge in [-0.25, -0.2) is 0 Å². The van der Waals surface area contributed by atoms with Crippen LogP contribution in [0.25, 0.3) is 0 Å². The Labute approximate surface area is 171 Å². The zero-order valence-corrected chi connectivity index (χ0v) is 16.6. The number of nitrogens with one attached hydrogen (secondary N) is 3. The van der Waals surface area contributed by atoms with E-state index in [1.54, 1.807) is 24.3 Å². The number of para-hydroxylation sites is 2. The van der Waals surface area contributed by atoms with Crippen molar-refractivity contribution in [3.05, 3.63) is 54.1 Å². The van der Waals surface area contributed by atoms with Gasteiger partial charge in [-0.05, 0) is 50.1 Å². The first-order valence-electron chi connectivity index (χ1n) is 10.0. The summed E-state index contributed by atoms with van der Waals surface area (Å²) >= 11 is 0. The number of aliphatic hydroxyl groups is 1. The topological polar surface area (TPSA) is 93.7 Å². The summed E-state index contributed by atoms with van der Waals surface area (Å²) in [7, 11) is 0. The molecule has 1 saturated heterocycles. The summed E-state index contributed by atoms with van der Waals surface area (Å²) in [6, 6.07) is 14.7. The molecule has 0 bridgehead atoms. The molecule has 0 saturated carbocycles. The van der Waals surface area contributed by atoms with Crippen molar-refractivity contribution in [3.63, 3.8) is 0 Å². The largest absolute Gasteiger partial charge is 0.393 e. The van der Waals surface area contributed by atoms with E-state index in [1.165, 1.54) is 0 Å². The third-order valence-corrected chi connectivity index (χ3v) is 4.89. The summed E-state index contributed by atoms with van der Waals surface area (Å²) in [5, 5.41) is 18.5. The summed E-state index contributed by atoms with van der Waals surface area (Å²) in [5.41, 5.74) is 3.01. The number of benzene rings is 2. The molecule has 7 nitrogen and oxygen atoms in total. The molecular weight excluding hydrogens is 368 g/mol. The van der Waals surface area contributed by atoms with E-state index in [-0.39, 0.29) is 24.5 Å². The Morgan fingerprint density at radius 3 is 2.62 bits per heavy atom. The maximum Gasteiger partial charge on any atom is 0.251 e. The molecule has 3 rings (SSSR count). The van der Waals surface area contributed by atoms with Crippen LogP contribution in [0.4, 0.5) is 17.1 Å². The van der Waals surface area contributed by atoms with Crippen LogP contribution in [0, 0.1) is 0 Å². The van der Waals surface area contributed by atoms with E-state index in [0.717, 1.165) is 37.3 Å². The monoisotopic (exact) mass is 396 g/mol. The van der Waals surface area contributed by atoms with Crippen LogP contribution in [0.2, 0.25) is 0 Å². The van der Waals surface area contributed by atoms with E-state index < -0.39 is 0 Å². The van der Waals surface area contributed by atoms with Gasteiger partial charge in [0.2, 0.25) is 5.91 Å². The predicted molar refractivity (Wildman–Crippen MR) is 115 cm³/mol. The van der Waals surface area contributed by atoms with Gasteiger partial charge in [-0.2, -0.15) is 0 Å². The first-order chi connectivity index (χ1) is 14.1. The molecule has 29 heavy (non-hydrogen) atoms. The number of amides is 2. The first kappa shape index (κ1) is 20.7. The summed E-state index contributed by atoms with van der Waals surface area (Å²) < 4.78 is 0. The molecule has 154 valence electrons. The molecule has 4 N–H and O–H groups in total. The number of piperidine rings is 1. The Kier molecular flexibility index (Phi) is 7.08. The molecule has 0 radical (unpaired) electrons. The van der Waals surface area contributed by atoms with Gasteiger partial charge in [0.05, 0.1) is 24.0 Å². The molecule has 1 aliphatic rings. The molecule has 0 atom stereocenters. The highest BCUT2D eigenvalue weighted by Gasteiger charge is 2.19. The zero-order valence-electron chi connectivity index (χ0n) is 16.6. The highest BCUT2D eigenvalue weighted by atomic mass is 16.3. The van der Waals surface area contributed by atoms with Crippen molar-refractivity contribution in [2.45, 2.75) is 25.9 Å². The maximum absolute atomic E-state index is 12.4. The van der Waals surface area contributed by atoms with Crippen LogP contribution >= 0.6 is 0 Å². The van der Waals surface area contributed by atoms with Crippen LogP contribution in [-0.2, 0) is 4.79 Å². The van der Waals surface area contributed by atoms with Crippen LogP contribution in [0.5, 0.6) is 0 Å². The van der Waals surface area contributed by atoms with E-state index in [4.69, 9.17) is 0 Å². The van der Waals surface area contributed by atoms with Crippen LogP contribution in [0.3, 0.4) is 0 Å². The van der Waals surface area contributed by atoms with Crippen molar-refractivity contribution >= 4 is 28.9 Å². The lowest BCUT2D eigenvalue weighted by atomic mass is 10.1. The molecule has 1 heterocycles. The molecule has 1 aliphatic heterocycles. The van der Waals surface area contributed by atoms with Crippen LogP contribution < -0.4 is 20.9 Å². The Bertz CT molecular complexity index is 847. The molecule has 7 heteroatoms. The van der Waals surface area contributed by atoms with Gasteiger partial charge in [0, 0.05) is 30.9 Å². The molecule has 2 amide bonds. The molecule has 0 aromatic heterocycles. The minimum atomic E-state index is -0.229. The Morgan fingerprint density at radius 1 is 1.10 bits per heavy atom. The standard InChI is InChI=1S/C22H28N4O3/c1-2-23-22(29)16-6-5-7-17(14-16)25-21(28)15-24-19-8-3-4-9-20(19)26-12-10-18(27)11-13-26/h3-9,14,18,24,27H,2,10-13,15H2,1H3,(H,23,29)(H,25,28). The summed E-state index contributed by atoms with van der Waals surface area (Å²) in [4.78, 5) is 26.6. The average molecular weight is 396 g/mol. The highest BCUT2D eigenvalue weighted by molar-refractivity contribution is 5.98. The Morgan fingerprint density at radius 2 is 1.86 bits per heavy atom. The van der Waals surface area contributed by atoms with Crippen molar-refractivity contribution in [3.8, 4) is 0 Å². The smallest absolute Gasteiger partial charge is 0.251 e. The van der Waals surface area contributed by atoms with Crippen LogP contribution in [0.15, 0.2) is 48.5 Å². The van der Waals surface area contributed by atoms with Crippen molar-refractivity contribution in [1.29, 1.82) is 0 Å². The SMILES string of the molecule is CCNC(=O)c1cccc(NC(=O)CNc2ccccc2N2CCC(O)CC2)c1. The van der Waals surface area contributed by atoms with Crippen LogP contribution in [-0.4, -0.2) is 49.2 Å². The number of carbonyl (C=O) groups is 2. The molecule has 0 unspecified atom stereocenters. The number of anilines is 3. The van der Waals surface area contributed by atoms with E-state index in [2.05, 4.69) is 20.9 Å². The second kappa shape index (κ2) is 9.93. The Balaban J connectivity index is 1.59. The van der Waals surface area contributed by atoms with Gasteiger partial charge in [-0.15, -0.1) is 0 Å². The summed E-state index contributed by atoms with van der Waals surface area (Å²) in [6.45, 7) is 4.10. The number of aliphatic hydroxyl groups excluding tert-OH is 1. The molecule has 0 aliphatic carbocycles.